The molecule has 2 aromatic heterocycles. The number of aromatic nitrogens is 3. The molecule has 0 unspecified atom stereocenters. The average molecular weight is 574 g/mol. The van der Waals surface area contributed by atoms with E-state index < -0.39 is 0 Å². The molecule has 202 valence electrons. The van der Waals surface area contributed by atoms with Gasteiger partial charge in [0.15, 0.2) is 5.65 Å². The predicted molar refractivity (Wildman–Crippen MR) is 156 cm³/mol. The van der Waals surface area contributed by atoms with Crippen LogP contribution in [-0.2, 0) is 19.5 Å². The third-order valence-electron chi connectivity index (χ3n) is 7.10. The zero-order valence-corrected chi connectivity index (χ0v) is 23.1. The fourth-order valence-corrected chi connectivity index (χ4v) is 5.33. The number of amides is 1. The molecular weight excluding hydrogens is 549 g/mol. The maximum atomic E-state index is 14.1. The molecule has 0 spiro atoms. The number of rotatable bonds is 6. The van der Waals surface area contributed by atoms with Crippen molar-refractivity contribution in [1.82, 2.24) is 19.1 Å². The SMILES string of the molecule is COc1ccc(-n2c(=O)c3c(n4ncc(NCc5ccccc5)c24)CN(C(=O)c2ccc(Cl)c(Cl)c2)CC3)cc1. The Bertz CT molecular complexity index is 1780. The van der Waals surface area contributed by atoms with Crippen molar-refractivity contribution in [2.24, 2.45) is 0 Å². The molecule has 3 aromatic carbocycles. The monoisotopic (exact) mass is 573 g/mol. The lowest BCUT2D eigenvalue weighted by atomic mass is 10.0. The van der Waals surface area contributed by atoms with Crippen LogP contribution in [0.5, 0.6) is 5.75 Å². The number of fused-ring (bicyclic) bond motifs is 3. The molecule has 0 radical (unpaired) electrons. The van der Waals surface area contributed by atoms with Gasteiger partial charge < -0.3 is 15.0 Å². The van der Waals surface area contributed by atoms with Gasteiger partial charge in [-0.25, -0.2) is 4.52 Å². The first kappa shape index (κ1) is 26.0. The van der Waals surface area contributed by atoms with Crippen LogP contribution in [0.3, 0.4) is 0 Å². The summed E-state index contributed by atoms with van der Waals surface area (Å²) in [7, 11) is 1.60. The van der Waals surface area contributed by atoms with E-state index in [9.17, 15) is 9.59 Å². The van der Waals surface area contributed by atoms with Gasteiger partial charge >= 0.3 is 0 Å². The Labute approximate surface area is 240 Å². The standard InChI is InChI=1S/C30H25Cl2N5O3/c1-40-22-10-8-21(9-11-22)36-28-26(33-16-19-5-3-2-4-6-19)17-34-37(28)27-18-35(14-13-23(27)30(36)39)29(38)20-7-12-24(31)25(32)15-20/h2-12,15,17,33H,13-14,16,18H2,1H3. The molecule has 1 amide bonds. The highest BCUT2D eigenvalue weighted by Crippen LogP contribution is 2.28. The molecule has 0 bridgehead atoms. The smallest absolute Gasteiger partial charge is 0.261 e. The highest BCUT2D eigenvalue weighted by atomic mass is 35.5. The number of nitrogens with one attached hydrogen (secondary N) is 1. The second-order valence-electron chi connectivity index (χ2n) is 9.50. The topological polar surface area (TPSA) is 80.9 Å². The van der Waals surface area contributed by atoms with E-state index in [-0.39, 0.29) is 18.0 Å². The molecule has 3 heterocycles. The minimum Gasteiger partial charge on any atom is -0.497 e. The van der Waals surface area contributed by atoms with E-state index in [1.165, 1.54) is 0 Å². The van der Waals surface area contributed by atoms with Gasteiger partial charge in [-0.15, -0.1) is 0 Å². The Kier molecular flexibility index (Phi) is 6.96. The number of carbonyl (C=O) groups is 1. The molecule has 0 saturated carbocycles. The van der Waals surface area contributed by atoms with E-state index in [4.69, 9.17) is 33.0 Å². The molecule has 1 aliphatic heterocycles. The van der Waals surface area contributed by atoms with Crippen LogP contribution >= 0.6 is 23.2 Å². The summed E-state index contributed by atoms with van der Waals surface area (Å²) in [5.41, 5.74) is 4.68. The van der Waals surface area contributed by atoms with Gasteiger partial charge in [0.25, 0.3) is 11.5 Å². The van der Waals surface area contributed by atoms with Gasteiger partial charge in [0.2, 0.25) is 0 Å². The van der Waals surface area contributed by atoms with Gasteiger partial charge in [-0.3, -0.25) is 14.2 Å². The molecular formula is C30H25Cl2N5O3. The molecule has 1 aliphatic rings. The lowest BCUT2D eigenvalue weighted by Crippen LogP contribution is -2.41. The van der Waals surface area contributed by atoms with Crippen molar-refractivity contribution >= 4 is 40.4 Å². The van der Waals surface area contributed by atoms with E-state index >= 15 is 0 Å². The lowest BCUT2D eigenvalue weighted by molar-refractivity contribution is 0.0730. The number of benzene rings is 3. The third-order valence-corrected chi connectivity index (χ3v) is 7.84. The zero-order valence-electron chi connectivity index (χ0n) is 21.6. The van der Waals surface area contributed by atoms with Crippen LogP contribution in [0.1, 0.15) is 27.2 Å². The molecule has 0 atom stereocenters. The molecule has 6 rings (SSSR count). The fraction of sp³-hybridized carbons (Fsp3) is 0.167. The number of carbonyl (C=O) groups excluding carboxylic acids is 1. The van der Waals surface area contributed by atoms with Gasteiger partial charge in [-0.05, 0) is 54.4 Å². The number of halogens is 2. The van der Waals surface area contributed by atoms with Crippen molar-refractivity contribution in [3.63, 3.8) is 0 Å². The summed E-state index contributed by atoms with van der Waals surface area (Å²) in [5.74, 6) is 0.504. The number of ether oxygens (including phenoxy) is 1. The molecule has 10 heteroatoms. The summed E-state index contributed by atoms with van der Waals surface area (Å²) < 4.78 is 8.77. The molecule has 0 aliphatic carbocycles. The van der Waals surface area contributed by atoms with Crippen molar-refractivity contribution in [1.29, 1.82) is 0 Å². The minimum absolute atomic E-state index is 0.141. The summed E-state index contributed by atoms with van der Waals surface area (Å²) >= 11 is 12.2. The normalized spacial score (nSPS) is 12.8. The first-order valence-corrected chi connectivity index (χ1v) is 13.5. The first-order chi connectivity index (χ1) is 19.4. The summed E-state index contributed by atoms with van der Waals surface area (Å²) in [6, 6.07) is 22.2. The van der Waals surface area contributed by atoms with Gasteiger partial charge in [0.05, 0.1) is 47.0 Å². The van der Waals surface area contributed by atoms with Crippen molar-refractivity contribution in [2.45, 2.75) is 19.5 Å². The number of nitrogens with zero attached hydrogens (tertiary/aromatic N) is 4. The van der Waals surface area contributed by atoms with Crippen LogP contribution in [0.4, 0.5) is 5.69 Å². The molecule has 0 fully saturated rings. The maximum Gasteiger partial charge on any atom is 0.261 e. The second kappa shape index (κ2) is 10.7. The second-order valence-corrected chi connectivity index (χ2v) is 10.3. The predicted octanol–water partition coefficient (Wildman–Crippen LogP) is 5.61. The van der Waals surface area contributed by atoms with Gasteiger partial charge in [0, 0.05) is 24.2 Å². The van der Waals surface area contributed by atoms with E-state index in [1.54, 1.807) is 45.5 Å². The van der Waals surface area contributed by atoms with Gasteiger partial charge in [0.1, 0.15) is 5.75 Å². The molecule has 5 aromatic rings. The van der Waals surface area contributed by atoms with Crippen LogP contribution in [0.15, 0.2) is 83.8 Å². The van der Waals surface area contributed by atoms with Crippen LogP contribution in [-0.4, -0.2) is 38.6 Å². The first-order valence-electron chi connectivity index (χ1n) is 12.8. The zero-order chi connectivity index (χ0) is 27.8. The largest absolute Gasteiger partial charge is 0.497 e. The van der Waals surface area contributed by atoms with Crippen LogP contribution < -0.4 is 15.6 Å². The summed E-state index contributed by atoms with van der Waals surface area (Å²) in [6.07, 6.45) is 2.11. The van der Waals surface area contributed by atoms with Crippen molar-refractivity contribution in [2.75, 3.05) is 19.0 Å². The molecule has 40 heavy (non-hydrogen) atoms. The average Bonchev–Trinajstić information content (AvgIpc) is 3.41. The van der Waals surface area contributed by atoms with Gasteiger partial charge in [-0.2, -0.15) is 5.10 Å². The Morgan fingerprint density at radius 3 is 2.52 bits per heavy atom. The molecule has 1 N–H and O–H groups in total. The quantitative estimate of drug-likeness (QED) is 0.285. The Hall–Kier alpha value is -4.27. The minimum atomic E-state index is -0.189. The number of hydrogen-bond donors (Lipinski definition) is 1. The lowest BCUT2D eigenvalue weighted by Gasteiger charge is -2.29. The fourth-order valence-electron chi connectivity index (χ4n) is 5.03. The highest BCUT2D eigenvalue weighted by molar-refractivity contribution is 6.42. The van der Waals surface area contributed by atoms with Crippen LogP contribution in [0.25, 0.3) is 11.3 Å². The van der Waals surface area contributed by atoms with E-state index in [1.807, 2.05) is 54.6 Å². The number of anilines is 1. The third kappa shape index (κ3) is 4.69. The van der Waals surface area contributed by atoms with Crippen LogP contribution in [0, 0.1) is 0 Å². The molecule has 8 nitrogen and oxygen atoms in total. The van der Waals surface area contributed by atoms with Crippen molar-refractivity contribution in [3.8, 4) is 11.4 Å². The van der Waals surface area contributed by atoms with E-state index in [0.717, 1.165) is 5.56 Å². The highest BCUT2D eigenvalue weighted by Gasteiger charge is 2.29. The number of hydrogen-bond acceptors (Lipinski definition) is 5. The van der Waals surface area contributed by atoms with Crippen molar-refractivity contribution in [3.05, 3.63) is 122 Å². The van der Waals surface area contributed by atoms with E-state index in [0.29, 0.717) is 69.1 Å². The Balaban J connectivity index is 1.45. The summed E-state index contributed by atoms with van der Waals surface area (Å²) in [4.78, 5) is 29.2. The summed E-state index contributed by atoms with van der Waals surface area (Å²) in [6.45, 7) is 1.16. The Morgan fingerprint density at radius 2 is 1.80 bits per heavy atom. The summed E-state index contributed by atoms with van der Waals surface area (Å²) in [5, 5.41) is 8.84. The number of methoxy groups -OCH3 is 1. The maximum absolute atomic E-state index is 14.1. The van der Waals surface area contributed by atoms with Crippen molar-refractivity contribution < 1.29 is 9.53 Å². The van der Waals surface area contributed by atoms with E-state index in [2.05, 4.69) is 5.32 Å². The van der Waals surface area contributed by atoms with Crippen LogP contribution in [0.2, 0.25) is 10.0 Å². The van der Waals surface area contributed by atoms with Gasteiger partial charge in [-0.1, -0.05) is 53.5 Å². The molecule has 0 saturated heterocycles. The Morgan fingerprint density at radius 1 is 1.02 bits per heavy atom.